The van der Waals surface area contributed by atoms with Crippen LogP contribution in [0.4, 0.5) is 0 Å². The third-order valence-corrected chi connectivity index (χ3v) is 2.40. The third kappa shape index (κ3) is 4.42. The SMILES string of the molecule is CC(C)CCNC(=O)c1cccc(Br)n1. The summed E-state index contributed by atoms with van der Waals surface area (Å²) in [5.41, 5.74) is 0.452. The van der Waals surface area contributed by atoms with E-state index >= 15 is 0 Å². The van der Waals surface area contributed by atoms with Crippen molar-refractivity contribution < 1.29 is 4.79 Å². The van der Waals surface area contributed by atoms with Crippen molar-refractivity contribution in [3.63, 3.8) is 0 Å². The molecule has 0 aliphatic rings. The normalized spacial score (nSPS) is 10.4. The summed E-state index contributed by atoms with van der Waals surface area (Å²) >= 11 is 3.23. The van der Waals surface area contributed by atoms with Crippen LogP contribution in [0.3, 0.4) is 0 Å². The van der Waals surface area contributed by atoms with Crippen molar-refractivity contribution in [2.24, 2.45) is 5.92 Å². The fourth-order valence-corrected chi connectivity index (χ4v) is 1.44. The van der Waals surface area contributed by atoms with Crippen LogP contribution in [0.1, 0.15) is 30.8 Å². The van der Waals surface area contributed by atoms with Crippen molar-refractivity contribution in [1.82, 2.24) is 10.3 Å². The number of hydrogen-bond donors (Lipinski definition) is 1. The topological polar surface area (TPSA) is 42.0 Å². The molecule has 0 atom stereocenters. The second-order valence-electron chi connectivity index (χ2n) is 3.78. The largest absolute Gasteiger partial charge is 0.351 e. The molecule has 15 heavy (non-hydrogen) atoms. The maximum atomic E-state index is 11.6. The summed E-state index contributed by atoms with van der Waals surface area (Å²) in [6.07, 6.45) is 0.986. The molecule has 0 saturated carbocycles. The molecule has 4 heteroatoms. The molecule has 82 valence electrons. The summed E-state index contributed by atoms with van der Waals surface area (Å²) in [6.45, 7) is 4.96. The number of rotatable bonds is 4. The predicted octanol–water partition coefficient (Wildman–Crippen LogP) is 2.62. The zero-order valence-corrected chi connectivity index (χ0v) is 10.5. The Bertz CT molecular complexity index is 339. The number of hydrogen-bond acceptors (Lipinski definition) is 2. The Morgan fingerprint density at radius 1 is 1.53 bits per heavy atom. The number of halogens is 1. The van der Waals surface area contributed by atoms with Gasteiger partial charge in [-0.3, -0.25) is 4.79 Å². The zero-order chi connectivity index (χ0) is 11.3. The van der Waals surface area contributed by atoms with Gasteiger partial charge in [-0.1, -0.05) is 19.9 Å². The van der Waals surface area contributed by atoms with Gasteiger partial charge in [-0.2, -0.15) is 0 Å². The second-order valence-corrected chi connectivity index (χ2v) is 4.60. The Morgan fingerprint density at radius 2 is 2.27 bits per heavy atom. The molecule has 1 amide bonds. The first kappa shape index (κ1) is 12.2. The summed E-state index contributed by atoms with van der Waals surface area (Å²) < 4.78 is 0.680. The highest BCUT2D eigenvalue weighted by Crippen LogP contribution is 2.06. The maximum absolute atomic E-state index is 11.6. The first-order chi connectivity index (χ1) is 7.09. The van der Waals surface area contributed by atoms with E-state index in [-0.39, 0.29) is 5.91 Å². The Kier molecular flexibility index (Phi) is 4.75. The van der Waals surface area contributed by atoms with Crippen LogP contribution in [-0.4, -0.2) is 17.4 Å². The fourth-order valence-electron chi connectivity index (χ4n) is 1.10. The third-order valence-electron chi connectivity index (χ3n) is 1.95. The van der Waals surface area contributed by atoms with Crippen LogP contribution >= 0.6 is 15.9 Å². The Morgan fingerprint density at radius 3 is 2.87 bits per heavy atom. The molecule has 0 aliphatic heterocycles. The number of nitrogens with zero attached hydrogens (tertiary/aromatic N) is 1. The molecule has 1 aromatic heterocycles. The fraction of sp³-hybridized carbons (Fsp3) is 0.455. The van der Waals surface area contributed by atoms with Crippen molar-refractivity contribution >= 4 is 21.8 Å². The minimum absolute atomic E-state index is 0.114. The van der Waals surface area contributed by atoms with Crippen LogP contribution in [0.5, 0.6) is 0 Å². The number of carbonyl (C=O) groups is 1. The molecular weight excluding hydrogens is 256 g/mol. The summed E-state index contributed by atoms with van der Waals surface area (Å²) in [6, 6.07) is 5.30. The van der Waals surface area contributed by atoms with Crippen molar-refractivity contribution in [2.45, 2.75) is 20.3 Å². The van der Waals surface area contributed by atoms with E-state index in [4.69, 9.17) is 0 Å². The van der Waals surface area contributed by atoms with Gasteiger partial charge in [0, 0.05) is 6.54 Å². The van der Waals surface area contributed by atoms with E-state index in [2.05, 4.69) is 40.1 Å². The quantitative estimate of drug-likeness (QED) is 0.855. The van der Waals surface area contributed by atoms with E-state index in [1.165, 1.54) is 0 Å². The van der Waals surface area contributed by atoms with Crippen molar-refractivity contribution in [3.05, 3.63) is 28.5 Å². The van der Waals surface area contributed by atoms with Gasteiger partial charge in [-0.25, -0.2) is 4.98 Å². The smallest absolute Gasteiger partial charge is 0.269 e. The molecule has 0 aliphatic carbocycles. The van der Waals surface area contributed by atoms with Gasteiger partial charge < -0.3 is 5.32 Å². The molecule has 0 saturated heterocycles. The maximum Gasteiger partial charge on any atom is 0.269 e. The van der Waals surface area contributed by atoms with Crippen LogP contribution in [0, 0.1) is 5.92 Å². The monoisotopic (exact) mass is 270 g/mol. The summed E-state index contributed by atoms with van der Waals surface area (Å²) in [5, 5.41) is 2.84. The first-order valence-electron chi connectivity index (χ1n) is 5.00. The van der Waals surface area contributed by atoms with Gasteiger partial charge >= 0.3 is 0 Å². The zero-order valence-electron chi connectivity index (χ0n) is 8.96. The van der Waals surface area contributed by atoms with Gasteiger partial charge in [0.2, 0.25) is 0 Å². The molecule has 3 nitrogen and oxygen atoms in total. The van der Waals surface area contributed by atoms with Crippen LogP contribution < -0.4 is 5.32 Å². The van der Waals surface area contributed by atoms with Crippen LogP contribution in [0.2, 0.25) is 0 Å². The highest BCUT2D eigenvalue weighted by Gasteiger charge is 2.06. The van der Waals surface area contributed by atoms with Crippen LogP contribution in [-0.2, 0) is 0 Å². The lowest BCUT2D eigenvalue weighted by atomic mass is 10.1. The number of nitrogens with one attached hydrogen (secondary N) is 1. The van der Waals surface area contributed by atoms with Crippen molar-refractivity contribution in [2.75, 3.05) is 6.54 Å². The van der Waals surface area contributed by atoms with Gasteiger partial charge in [0.05, 0.1) is 0 Å². The molecule has 1 N–H and O–H groups in total. The van der Waals surface area contributed by atoms with Gasteiger partial charge in [0.25, 0.3) is 5.91 Å². The molecule has 0 unspecified atom stereocenters. The van der Waals surface area contributed by atoms with E-state index < -0.39 is 0 Å². The van der Waals surface area contributed by atoms with Crippen LogP contribution in [0.15, 0.2) is 22.8 Å². The number of carbonyl (C=O) groups excluding carboxylic acids is 1. The molecule has 0 radical (unpaired) electrons. The van der Waals surface area contributed by atoms with Gasteiger partial charge in [0.15, 0.2) is 0 Å². The minimum Gasteiger partial charge on any atom is -0.351 e. The molecule has 1 heterocycles. The first-order valence-corrected chi connectivity index (χ1v) is 5.79. The van der Waals surface area contributed by atoms with E-state index in [0.717, 1.165) is 6.42 Å². The van der Waals surface area contributed by atoms with Gasteiger partial charge in [-0.15, -0.1) is 0 Å². The molecular formula is C11H15BrN2O. The minimum atomic E-state index is -0.114. The predicted molar refractivity (Wildman–Crippen MR) is 63.7 cm³/mol. The second kappa shape index (κ2) is 5.85. The summed E-state index contributed by atoms with van der Waals surface area (Å²) in [5.74, 6) is 0.484. The van der Waals surface area contributed by atoms with E-state index in [1.807, 2.05) is 0 Å². The molecule has 0 aromatic carbocycles. The van der Waals surface area contributed by atoms with E-state index in [9.17, 15) is 4.79 Å². The molecule has 0 spiro atoms. The van der Waals surface area contributed by atoms with E-state index in [0.29, 0.717) is 22.8 Å². The van der Waals surface area contributed by atoms with Crippen molar-refractivity contribution in [3.8, 4) is 0 Å². The molecule has 0 fully saturated rings. The molecule has 1 rings (SSSR count). The molecule has 1 aromatic rings. The van der Waals surface area contributed by atoms with Crippen molar-refractivity contribution in [1.29, 1.82) is 0 Å². The molecule has 0 bridgehead atoms. The van der Waals surface area contributed by atoms with Gasteiger partial charge in [0.1, 0.15) is 10.3 Å². The standard InChI is InChI=1S/C11H15BrN2O/c1-8(2)6-7-13-11(15)9-4-3-5-10(12)14-9/h3-5,8H,6-7H2,1-2H3,(H,13,15). The lowest BCUT2D eigenvalue weighted by Crippen LogP contribution is -2.26. The number of pyridine rings is 1. The summed E-state index contributed by atoms with van der Waals surface area (Å²) in [7, 11) is 0. The Hall–Kier alpha value is -0.900. The lowest BCUT2D eigenvalue weighted by Gasteiger charge is -2.06. The highest BCUT2D eigenvalue weighted by atomic mass is 79.9. The lowest BCUT2D eigenvalue weighted by molar-refractivity contribution is 0.0947. The Labute approximate surface area is 98.4 Å². The highest BCUT2D eigenvalue weighted by molar-refractivity contribution is 9.10. The average Bonchev–Trinajstić information content (AvgIpc) is 2.17. The van der Waals surface area contributed by atoms with Crippen LogP contribution in [0.25, 0.3) is 0 Å². The summed E-state index contributed by atoms with van der Waals surface area (Å²) in [4.78, 5) is 15.7. The van der Waals surface area contributed by atoms with Gasteiger partial charge in [-0.05, 0) is 40.4 Å². The number of amides is 1. The number of aromatic nitrogens is 1. The average molecular weight is 271 g/mol. The Balaban J connectivity index is 2.47. The van der Waals surface area contributed by atoms with E-state index in [1.54, 1.807) is 18.2 Å².